The Kier molecular flexibility index (Phi) is 5.88. The first kappa shape index (κ1) is 18.7. The minimum Gasteiger partial charge on any atom is -0.495 e. The Labute approximate surface area is 162 Å². The third-order valence-corrected chi connectivity index (χ3v) is 4.06. The fraction of sp³-hybridized carbons (Fsp3) is 0.150. The van der Waals surface area contributed by atoms with Crippen LogP contribution >= 0.6 is 11.6 Å². The zero-order valence-electron chi connectivity index (χ0n) is 15.0. The molecule has 6 nitrogen and oxygen atoms in total. The highest BCUT2D eigenvalue weighted by atomic mass is 35.5. The Morgan fingerprint density at radius 2 is 1.85 bits per heavy atom. The second-order valence-corrected chi connectivity index (χ2v) is 6.26. The Bertz CT molecular complexity index is 945. The van der Waals surface area contributed by atoms with Gasteiger partial charge < -0.3 is 15.4 Å². The van der Waals surface area contributed by atoms with Gasteiger partial charge in [-0.15, -0.1) is 0 Å². The van der Waals surface area contributed by atoms with Crippen molar-refractivity contribution in [3.63, 3.8) is 0 Å². The van der Waals surface area contributed by atoms with Gasteiger partial charge in [-0.2, -0.15) is 0 Å². The van der Waals surface area contributed by atoms with E-state index < -0.39 is 0 Å². The fourth-order valence-corrected chi connectivity index (χ4v) is 2.64. The molecule has 0 atom stereocenters. The maximum Gasteiger partial charge on any atom is 0.270 e. The van der Waals surface area contributed by atoms with Gasteiger partial charge in [-0.3, -0.25) is 4.79 Å². The van der Waals surface area contributed by atoms with E-state index in [4.69, 9.17) is 16.3 Å². The van der Waals surface area contributed by atoms with Gasteiger partial charge in [-0.25, -0.2) is 9.97 Å². The van der Waals surface area contributed by atoms with Crippen molar-refractivity contribution in [2.24, 2.45) is 0 Å². The van der Waals surface area contributed by atoms with Gasteiger partial charge in [-0.05, 0) is 36.8 Å². The van der Waals surface area contributed by atoms with Crippen LogP contribution in [0.3, 0.4) is 0 Å². The fourth-order valence-electron chi connectivity index (χ4n) is 2.51. The lowest BCUT2D eigenvalue weighted by Gasteiger charge is -2.12. The number of amides is 1. The van der Waals surface area contributed by atoms with E-state index in [0.29, 0.717) is 29.0 Å². The van der Waals surface area contributed by atoms with Crippen molar-refractivity contribution < 1.29 is 9.53 Å². The summed E-state index contributed by atoms with van der Waals surface area (Å²) in [6.07, 6.45) is 0. The summed E-state index contributed by atoms with van der Waals surface area (Å²) in [5.74, 6) is 1.41. The van der Waals surface area contributed by atoms with Gasteiger partial charge in [0.05, 0.1) is 12.8 Å². The molecule has 2 N–H and O–H groups in total. The van der Waals surface area contributed by atoms with Gasteiger partial charge >= 0.3 is 0 Å². The maximum atomic E-state index is 12.5. The first-order chi connectivity index (χ1) is 13.0. The number of halogens is 1. The van der Waals surface area contributed by atoms with Gasteiger partial charge in [-0.1, -0.05) is 35.9 Å². The molecule has 1 heterocycles. The van der Waals surface area contributed by atoms with Crippen molar-refractivity contribution in [1.29, 1.82) is 0 Å². The number of hydrogen-bond acceptors (Lipinski definition) is 5. The van der Waals surface area contributed by atoms with Crippen LogP contribution in [0.1, 0.15) is 21.9 Å². The number of aryl methyl sites for hydroxylation is 1. The van der Waals surface area contributed by atoms with Crippen LogP contribution < -0.4 is 15.4 Å². The molecule has 0 radical (unpaired) electrons. The molecule has 0 saturated carbocycles. The molecule has 0 spiro atoms. The lowest BCUT2D eigenvalue weighted by Crippen LogP contribution is -2.24. The van der Waals surface area contributed by atoms with Crippen LogP contribution in [0.4, 0.5) is 11.5 Å². The molecule has 0 aliphatic heterocycles. The first-order valence-electron chi connectivity index (χ1n) is 8.33. The predicted molar refractivity (Wildman–Crippen MR) is 106 cm³/mol. The van der Waals surface area contributed by atoms with Crippen molar-refractivity contribution in [2.75, 3.05) is 12.4 Å². The lowest BCUT2D eigenvalue weighted by atomic mass is 10.2. The number of hydrogen-bond donors (Lipinski definition) is 2. The summed E-state index contributed by atoms with van der Waals surface area (Å²) in [6, 6.07) is 16.4. The van der Waals surface area contributed by atoms with Crippen LogP contribution in [-0.2, 0) is 6.54 Å². The number of nitrogens with one attached hydrogen (secondary N) is 2. The molecule has 0 bridgehead atoms. The summed E-state index contributed by atoms with van der Waals surface area (Å²) < 4.78 is 5.33. The number of aromatic nitrogens is 2. The minimum atomic E-state index is -0.279. The zero-order valence-corrected chi connectivity index (χ0v) is 15.7. The molecule has 0 saturated heterocycles. The molecule has 1 amide bonds. The van der Waals surface area contributed by atoms with Gasteiger partial charge in [0.2, 0.25) is 0 Å². The largest absolute Gasteiger partial charge is 0.495 e. The maximum absolute atomic E-state index is 12.5. The van der Waals surface area contributed by atoms with Crippen LogP contribution in [-0.4, -0.2) is 23.0 Å². The lowest BCUT2D eigenvalue weighted by molar-refractivity contribution is 0.0945. The van der Waals surface area contributed by atoms with E-state index in [1.165, 1.54) is 0 Å². The Balaban J connectivity index is 1.74. The molecule has 1 aromatic heterocycles. The van der Waals surface area contributed by atoms with E-state index >= 15 is 0 Å². The number of carbonyl (C=O) groups is 1. The number of carbonyl (C=O) groups excluding carboxylic acids is 1. The standard InChI is InChI=1S/C20H19ClN4O2/c1-13-23-17(20(26)22-12-14-7-9-15(21)10-8-14)11-19(24-13)25-16-5-3-4-6-18(16)27-2/h3-11H,12H2,1-2H3,(H,22,26)(H,23,24,25). The molecule has 0 aliphatic rings. The summed E-state index contributed by atoms with van der Waals surface area (Å²) in [5, 5.41) is 6.68. The molecule has 2 aromatic carbocycles. The van der Waals surface area contributed by atoms with Crippen LogP contribution in [0.5, 0.6) is 5.75 Å². The zero-order chi connectivity index (χ0) is 19.2. The molecule has 0 unspecified atom stereocenters. The first-order valence-corrected chi connectivity index (χ1v) is 8.71. The molecule has 7 heteroatoms. The number of benzene rings is 2. The van der Waals surface area contributed by atoms with Crippen LogP contribution in [0, 0.1) is 6.92 Å². The number of methoxy groups -OCH3 is 1. The summed E-state index contributed by atoms with van der Waals surface area (Å²) in [6.45, 7) is 2.12. The van der Waals surface area contributed by atoms with E-state index in [0.717, 1.165) is 11.3 Å². The highest BCUT2D eigenvalue weighted by molar-refractivity contribution is 6.30. The topological polar surface area (TPSA) is 76.1 Å². The van der Waals surface area contributed by atoms with Gasteiger partial charge in [0.15, 0.2) is 0 Å². The SMILES string of the molecule is COc1ccccc1Nc1cc(C(=O)NCc2ccc(Cl)cc2)nc(C)n1. The Morgan fingerprint density at radius 1 is 1.11 bits per heavy atom. The van der Waals surface area contributed by atoms with Crippen molar-refractivity contribution >= 4 is 29.0 Å². The van der Waals surface area contributed by atoms with Gasteiger partial charge in [0, 0.05) is 17.6 Å². The minimum absolute atomic E-state index is 0.279. The van der Waals surface area contributed by atoms with Gasteiger partial charge in [0.1, 0.15) is 23.1 Å². The number of para-hydroxylation sites is 2. The molecule has 3 aromatic rings. The number of nitrogens with zero attached hydrogens (tertiary/aromatic N) is 2. The monoisotopic (exact) mass is 382 g/mol. The summed E-state index contributed by atoms with van der Waals surface area (Å²) in [7, 11) is 1.60. The Hall–Kier alpha value is -3.12. The molecule has 3 rings (SSSR count). The van der Waals surface area contributed by atoms with Crippen LogP contribution in [0.15, 0.2) is 54.6 Å². The Morgan fingerprint density at radius 3 is 2.59 bits per heavy atom. The highest BCUT2D eigenvalue weighted by Crippen LogP contribution is 2.26. The molecule has 27 heavy (non-hydrogen) atoms. The van der Waals surface area contributed by atoms with Crippen LogP contribution in [0.2, 0.25) is 5.02 Å². The normalized spacial score (nSPS) is 10.3. The molecule has 0 aliphatic carbocycles. The molecular formula is C20H19ClN4O2. The van der Waals surface area contributed by atoms with E-state index in [-0.39, 0.29) is 11.6 Å². The second kappa shape index (κ2) is 8.51. The van der Waals surface area contributed by atoms with E-state index in [2.05, 4.69) is 20.6 Å². The quantitative estimate of drug-likeness (QED) is 0.670. The smallest absolute Gasteiger partial charge is 0.270 e. The van der Waals surface area contributed by atoms with Crippen LogP contribution in [0.25, 0.3) is 0 Å². The summed E-state index contributed by atoms with van der Waals surface area (Å²) in [4.78, 5) is 21.1. The van der Waals surface area contributed by atoms with Crippen molar-refractivity contribution in [3.05, 3.63) is 76.7 Å². The predicted octanol–water partition coefficient (Wildman–Crippen LogP) is 4.12. The van der Waals surface area contributed by atoms with E-state index in [1.807, 2.05) is 36.4 Å². The average molecular weight is 383 g/mol. The van der Waals surface area contributed by atoms with E-state index in [1.54, 1.807) is 32.2 Å². The molecular weight excluding hydrogens is 364 g/mol. The molecule has 138 valence electrons. The highest BCUT2D eigenvalue weighted by Gasteiger charge is 2.12. The van der Waals surface area contributed by atoms with Gasteiger partial charge in [0.25, 0.3) is 5.91 Å². The number of ether oxygens (including phenoxy) is 1. The van der Waals surface area contributed by atoms with E-state index in [9.17, 15) is 4.79 Å². The number of anilines is 2. The number of rotatable bonds is 6. The van der Waals surface area contributed by atoms with Crippen molar-refractivity contribution in [3.8, 4) is 5.75 Å². The summed E-state index contributed by atoms with van der Waals surface area (Å²) in [5.41, 5.74) is 1.99. The molecule has 0 fully saturated rings. The summed E-state index contributed by atoms with van der Waals surface area (Å²) >= 11 is 5.87. The van der Waals surface area contributed by atoms with Crippen molar-refractivity contribution in [1.82, 2.24) is 15.3 Å². The third kappa shape index (κ3) is 4.95. The van der Waals surface area contributed by atoms with Crippen molar-refractivity contribution in [2.45, 2.75) is 13.5 Å². The second-order valence-electron chi connectivity index (χ2n) is 5.82. The average Bonchev–Trinajstić information content (AvgIpc) is 2.67. The third-order valence-electron chi connectivity index (χ3n) is 3.81.